The third kappa shape index (κ3) is 4.03. The molecule has 0 radical (unpaired) electrons. The second-order valence-electron chi connectivity index (χ2n) is 10.1. The molecule has 9 heteroatoms. The largest absolute Gasteiger partial charge is 0.377 e. The zero-order valence-electron chi connectivity index (χ0n) is 20.8. The number of nitrogens with zero attached hydrogens (tertiary/aromatic N) is 6. The Morgan fingerprint density at radius 2 is 2.06 bits per heavy atom. The van der Waals surface area contributed by atoms with Gasteiger partial charge in [-0.3, -0.25) is 4.98 Å². The Morgan fingerprint density at radius 3 is 2.83 bits per heavy atom. The van der Waals surface area contributed by atoms with Crippen molar-refractivity contribution in [2.45, 2.75) is 56.7 Å². The van der Waals surface area contributed by atoms with Crippen LogP contribution in [-0.2, 0) is 14.9 Å². The first-order valence-corrected chi connectivity index (χ1v) is 13.1. The van der Waals surface area contributed by atoms with Crippen molar-refractivity contribution in [3.8, 4) is 17.5 Å². The summed E-state index contributed by atoms with van der Waals surface area (Å²) >= 11 is 0. The fraction of sp³-hybridized carbons (Fsp3) is 0.556. The van der Waals surface area contributed by atoms with Gasteiger partial charge in [-0.15, -0.1) is 0 Å². The lowest BCUT2D eigenvalue weighted by molar-refractivity contribution is -0.0383. The molecule has 3 fully saturated rings. The molecule has 1 unspecified atom stereocenters. The third-order valence-electron chi connectivity index (χ3n) is 7.90. The van der Waals surface area contributed by atoms with E-state index in [2.05, 4.69) is 34.4 Å². The topological polar surface area (TPSA) is 101 Å². The van der Waals surface area contributed by atoms with Crippen molar-refractivity contribution >= 4 is 16.7 Å². The van der Waals surface area contributed by atoms with Crippen LogP contribution in [0, 0.1) is 11.3 Å². The number of ether oxygens (including phenoxy) is 2. The van der Waals surface area contributed by atoms with E-state index in [0.29, 0.717) is 13.2 Å². The molecule has 3 aliphatic heterocycles. The van der Waals surface area contributed by atoms with Crippen molar-refractivity contribution in [2.24, 2.45) is 0 Å². The average molecular weight is 488 g/mol. The monoisotopic (exact) mass is 487 g/mol. The first kappa shape index (κ1) is 23.3. The number of morpholine rings is 1. The lowest BCUT2D eigenvalue weighted by Crippen LogP contribution is -2.44. The summed E-state index contributed by atoms with van der Waals surface area (Å²) in [5.74, 6) is 0.885. The van der Waals surface area contributed by atoms with Gasteiger partial charge in [0.1, 0.15) is 17.0 Å². The van der Waals surface area contributed by atoms with Crippen LogP contribution < -0.4 is 10.2 Å². The molecular formula is C27H33N7O2. The number of pyridine rings is 2. The van der Waals surface area contributed by atoms with Crippen LogP contribution in [0.5, 0.6) is 0 Å². The number of rotatable bonds is 4. The predicted molar refractivity (Wildman–Crippen MR) is 137 cm³/mol. The van der Waals surface area contributed by atoms with Gasteiger partial charge in [-0.1, -0.05) is 0 Å². The highest BCUT2D eigenvalue weighted by Gasteiger charge is 2.37. The molecule has 0 amide bonds. The van der Waals surface area contributed by atoms with E-state index in [9.17, 15) is 5.26 Å². The van der Waals surface area contributed by atoms with Crippen molar-refractivity contribution in [1.82, 2.24) is 25.1 Å². The second kappa shape index (κ2) is 9.77. The number of nitriles is 1. The zero-order valence-corrected chi connectivity index (χ0v) is 20.8. The summed E-state index contributed by atoms with van der Waals surface area (Å²) in [4.78, 5) is 12.3. The molecule has 0 saturated carbocycles. The maximum absolute atomic E-state index is 10.5. The molecule has 0 spiro atoms. The fourth-order valence-electron chi connectivity index (χ4n) is 5.88. The number of fused-ring (bicyclic) bond motifs is 1. The van der Waals surface area contributed by atoms with Crippen LogP contribution in [-0.4, -0.2) is 65.2 Å². The number of anilines is 1. The Balaban J connectivity index is 1.56. The minimum atomic E-state index is -0.567. The van der Waals surface area contributed by atoms with Crippen molar-refractivity contribution in [3.05, 3.63) is 36.2 Å². The maximum atomic E-state index is 10.5. The molecular weight excluding hydrogens is 454 g/mol. The summed E-state index contributed by atoms with van der Waals surface area (Å²) in [6, 6.07) is 9.09. The molecule has 6 heterocycles. The van der Waals surface area contributed by atoms with Crippen LogP contribution >= 0.6 is 0 Å². The van der Waals surface area contributed by atoms with E-state index < -0.39 is 5.41 Å². The van der Waals surface area contributed by atoms with Crippen molar-refractivity contribution < 1.29 is 9.47 Å². The lowest BCUT2D eigenvalue weighted by atomic mass is 9.73. The summed E-state index contributed by atoms with van der Waals surface area (Å²) < 4.78 is 13.7. The molecule has 36 heavy (non-hydrogen) atoms. The quantitative estimate of drug-likeness (QED) is 0.596. The van der Waals surface area contributed by atoms with Gasteiger partial charge in [0.15, 0.2) is 6.23 Å². The van der Waals surface area contributed by atoms with Crippen LogP contribution in [0.1, 0.15) is 50.8 Å². The highest BCUT2D eigenvalue weighted by atomic mass is 16.5. The molecule has 188 valence electrons. The normalized spacial score (nSPS) is 24.5. The smallest absolute Gasteiger partial charge is 0.150 e. The zero-order chi connectivity index (χ0) is 24.5. The predicted octanol–water partition coefficient (Wildman–Crippen LogP) is 3.56. The Bertz CT molecular complexity index is 1270. The highest BCUT2D eigenvalue weighted by molar-refractivity contribution is 5.94. The number of piperidine rings is 1. The second-order valence-corrected chi connectivity index (χ2v) is 10.1. The molecule has 3 aliphatic rings. The van der Waals surface area contributed by atoms with Crippen LogP contribution in [0.2, 0.25) is 0 Å². The summed E-state index contributed by atoms with van der Waals surface area (Å²) in [5, 5.41) is 19.5. The average Bonchev–Trinajstić information content (AvgIpc) is 3.43. The van der Waals surface area contributed by atoms with E-state index >= 15 is 0 Å². The van der Waals surface area contributed by atoms with Gasteiger partial charge in [0.2, 0.25) is 0 Å². The van der Waals surface area contributed by atoms with Crippen LogP contribution in [0.3, 0.4) is 0 Å². The van der Waals surface area contributed by atoms with E-state index in [1.54, 1.807) is 0 Å². The molecule has 6 rings (SSSR count). The van der Waals surface area contributed by atoms with Crippen LogP contribution in [0.15, 0.2) is 30.6 Å². The highest BCUT2D eigenvalue weighted by Crippen LogP contribution is 2.41. The number of hydrogen-bond donors (Lipinski definition) is 1. The molecule has 3 aromatic heterocycles. The van der Waals surface area contributed by atoms with E-state index in [1.165, 1.54) is 0 Å². The fourth-order valence-corrected chi connectivity index (χ4v) is 5.88. The van der Waals surface area contributed by atoms with Crippen molar-refractivity contribution in [2.75, 3.05) is 44.4 Å². The van der Waals surface area contributed by atoms with Gasteiger partial charge in [-0.25, -0.2) is 9.67 Å². The Labute approximate surface area is 211 Å². The summed E-state index contributed by atoms with van der Waals surface area (Å²) in [5.41, 5.74) is 2.98. The number of hydrogen-bond acceptors (Lipinski definition) is 8. The Kier molecular flexibility index (Phi) is 6.34. The molecule has 0 aromatic carbocycles. The Morgan fingerprint density at radius 1 is 1.17 bits per heavy atom. The molecule has 1 N–H and O–H groups in total. The molecule has 3 saturated heterocycles. The van der Waals surface area contributed by atoms with Crippen LogP contribution in [0.4, 0.5) is 5.82 Å². The van der Waals surface area contributed by atoms with Crippen LogP contribution in [0.25, 0.3) is 22.3 Å². The summed E-state index contributed by atoms with van der Waals surface area (Å²) in [6.07, 6.45) is 8.22. The minimum Gasteiger partial charge on any atom is -0.377 e. The maximum Gasteiger partial charge on any atom is 0.150 e. The minimum absolute atomic E-state index is 0.0994. The van der Waals surface area contributed by atoms with Gasteiger partial charge < -0.3 is 19.7 Å². The van der Waals surface area contributed by atoms with Gasteiger partial charge in [0.05, 0.1) is 36.4 Å². The van der Waals surface area contributed by atoms with E-state index in [1.807, 2.05) is 29.2 Å². The first-order valence-electron chi connectivity index (χ1n) is 13.1. The van der Waals surface area contributed by atoms with Crippen molar-refractivity contribution in [3.63, 3.8) is 0 Å². The van der Waals surface area contributed by atoms with Gasteiger partial charge in [-0.2, -0.15) is 10.4 Å². The standard InChI is InChI=1S/C27H33N7O2/c1-19-17-35-15-13-33(19)23-16-21(27(18-28)7-11-29-12-8-27)20-5-9-30-26(25(20)32-23)22-6-10-31-34(22)24-4-2-3-14-36-24/h5-6,9-10,16,19,24,29H,2-4,7-8,11-15,17H2,1H3/t19-,24?/m1/s1. The lowest BCUT2D eigenvalue weighted by Gasteiger charge is -2.37. The number of aromatic nitrogens is 4. The van der Waals surface area contributed by atoms with Gasteiger partial charge >= 0.3 is 0 Å². The van der Waals surface area contributed by atoms with E-state index in [0.717, 1.165) is 92.0 Å². The SMILES string of the molecule is C[C@@H]1COCCN1c1cc(C2(C#N)CCNCC2)c2ccnc(-c3ccnn3C3CCCCO3)c2n1. The molecule has 0 bridgehead atoms. The summed E-state index contributed by atoms with van der Waals surface area (Å²) in [6.45, 7) is 6.65. The van der Waals surface area contributed by atoms with E-state index in [-0.39, 0.29) is 12.3 Å². The molecule has 9 nitrogen and oxygen atoms in total. The summed E-state index contributed by atoms with van der Waals surface area (Å²) in [7, 11) is 0. The Hall–Kier alpha value is -3.06. The third-order valence-corrected chi connectivity index (χ3v) is 7.90. The first-order chi connectivity index (χ1) is 17.7. The van der Waals surface area contributed by atoms with Gasteiger partial charge in [-0.05, 0) is 75.9 Å². The van der Waals surface area contributed by atoms with E-state index in [4.69, 9.17) is 19.4 Å². The van der Waals surface area contributed by atoms with Crippen molar-refractivity contribution in [1.29, 1.82) is 5.26 Å². The van der Waals surface area contributed by atoms with Gasteiger partial charge in [0, 0.05) is 30.9 Å². The molecule has 0 aliphatic carbocycles. The molecule has 2 atom stereocenters. The van der Waals surface area contributed by atoms with Gasteiger partial charge in [0.25, 0.3) is 0 Å². The number of nitrogens with one attached hydrogen (secondary N) is 1. The molecule has 3 aromatic rings.